The Kier molecular flexibility index (Phi) is 5.55. The highest BCUT2D eigenvalue weighted by Crippen LogP contribution is 2.42. The van der Waals surface area contributed by atoms with Crippen LogP contribution in [0, 0.1) is 0 Å². The monoisotopic (exact) mass is 460 g/mol. The SMILES string of the molecule is CN1CC2(CCCN2C(=O)c2cnc(CCc3cc(OC(F)(F)F)cc(C4CC4)c3)nc2)C1. The Labute approximate surface area is 190 Å². The maximum Gasteiger partial charge on any atom is 0.573 e. The summed E-state index contributed by atoms with van der Waals surface area (Å²) in [5.41, 5.74) is 2.07. The zero-order valence-corrected chi connectivity index (χ0v) is 18.6. The summed E-state index contributed by atoms with van der Waals surface area (Å²) in [7, 11) is 2.06. The normalized spacial score (nSPS) is 20.2. The predicted molar refractivity (Wildman–Crippen MR) is 115 cm³/mol. The minimum absolute atomic E-state index is 0.0294. The molecule has 2 saturated heterocycles. The fraction of sp³-hybridized carbons (Fsp3) is 0.542. The summed E-state index contributed by atoms with van der Waals surface area (Å²) in [4.78, 5) is 25.9. The quantitative estimate of drug-likeness (QED) is 0.653. The summed E-state index contributed by atoms with van der Waals surface area (Å²) >= 11 is 0. The zero-order valence-electron chi connectivity index (χ0n) is 18.6. The maximum atomic E-state index is 13.0. The van der Waals surface area contributed by atoms with Crippen molar-refractivity contribution in [3.05, 3.63) is 53.1 Å². The molecule has 0 N–H and O–H groups in total. The third-order valence-electron chi connectivity index (χ3n) is 6.83. The second-order valence-electron chi connectivity index (χ2n) is 9.58. The fourth-order valence-electron chi connectivity index (χ4n) is 5.22. The minimum atomic E-state index is -4.71. The van der Waals surface area contributed by atoms with E-state index in [9.17, 15) is 18.0 Å². The van der Waals surface area contributed by atoms with Crippen LogP contribution in [0.15, 0.2) is 30.6 Å². The van der Waals surface area contributed by atoms with E-state index in [1.54, 1.807) is 12.4 Å². The van der Waals surface area contributed by atoms with Crippen LogP contribution in [0.5, 0.6) is 5.75 Å². The molecule has 3 aliphatic rings. The second kappa shape index (κ2) is 8.27. The summed E-state index contributed by atoms with van der Waals surface area (Å²) in [5, 5.41) is 0. The van der Waals surface area contributed by atoms with Crippen LogP contribution < -0.4 is 4.74 Å². The topological polar surface area (TPSA) is 58.6 Å². The number of likely N-dealkylation sites (N-methyl/N-ethyl adjacent to an activating group) is 1. The van der Waals surface area contributed by atoms with Crippen molar-refractivity contribution in [1.29, 1.82) is 0 Å². The standard InChI is InChI=1S/C24H27F3N4O2/c1-30-14-23(15-30)7-2-8-31(23)22(32)19-12-28-21(29-13-19)6-3-16-9-18(17-4-5-17)11-20(10-16)33-24(25,26)27/h9-13,17H,2-8,14-15H2,1H3. The van der Waals surface area contributed by atoms with E-state index in [4.69, 9.17) is 0 Å². The van der Waals surface area contributed by atoms with Gasteiger partial charge in [-0.1, -0.05) is 6.07 Å². The Balaban J connectivity index is 1.24. The molecule has 1 saturated carbocycles. The number of ether oxygens (including phenoxy) is 1. The fourth-order valence-corrected chi connectivity index (χ4v) is 5.22. The Hall–Kier alpha value is -2.68. The van der Waals surface area contributed by atoms with Gasteiger partial charge in [-0.05, 0) is 68.3 Å². The molecule has 3 fully saturated rings. The molecule has 1 amide bonds. The number of nitrogens with zero attached hydrogens (tertiary/aromatic N) is 4. The van der Waals surface area contributed by atoms with Gasteiger partial charge in [0.2, 0.25) is 0 Å². The lowest BCUT2D eigenvalue weighted by Gasteiger charge is -2.51. The molecule has 1 spiro atoms. The molecule has 5 rings (SSSR count). The number of amides is 1. The van der Waals surface area contributed by atoms with E-state index in [0.717, 1.165) is 56.4 Å². The van der Waals surface area contributed by atoms with Crippen LogP contribution in [-0.2, 0) is 12.8 Å². The first kappa shape index (κ1) is 22.1. The third-order valence-corrected chi connectivity index (χ3v) is 6.83. The number of alkyl halides is 3. The van der Waals surface area contributed by atoms with E-state index in [2.05, 4.69) is 26.7 Å². The van der Waals surface area contributed by atoms with E-state index in [0.29, 0.717) is 30.1 Å². The second-order valence-corrected chi connectivity index (χ2v) is 9.58. The first-order chi connectivity index (χ1) is 15.7. The van der Waals surface area contributed by atoms with Gasteiger partial charge in [0.05, 0.1) is 11.1 Å². The minimum Gasteiger partial charge on any atom is -0.406 e. The molecular weight excluding hydrogens is 433 g/mol. The largest absolute Gasteiger partial charge is 0.573 e. The van der Waals surface area contributed by atoms with Crippen LogP contribution in [0.25, 0.3) is 0 Å². The molecule has 0 bridgehead atoms. The van der Waals surface area contributed by atoms with Crippen molar-refractivity contribution in [1.82, 2.24) is 19.8 Å². The van der Waals surface area contributed by atoms with Crippen LogP contribution >= 0.6 is 0 Å². The van der Waals surface area contributed by atoms with Crippen LogP contribution in [0.4, 0.5) is 13.2 Å². The Bertz CT molecular complexity index is 1030. The van der Waals surface area contributed by atoms with E-state index in [1.165, 1.54) is 12.1 Å². The highest BCUT2D eigenvalue weighted by atomic mass is 19.4. The summed E-state index contributed by atoms with van der Waals surface area (Å²) in [6.45, 7) is 2.56. The van der Waals surface area contributed by atoms with Crippen LogP contribution in [0.1, 0.15) is 58.9 Å². The van der Waals surface area contributed by atoms with Gasteiger partial charge in [0.1, 0.15) is 11.6 Å². The lowest BCUT2D eigenvalue weighted by atomic mass is 9.87. The molecule has 1 aromatic heterocycles. The highest BCUT2D eigenvalue weighted by molar-refractivity contribution is 5.94. The summed E-state index contributed by atoms with van der Waals surface area (Å²) in [6.07, 6.45) is 3.39. The average molecular weight is 461 g/mol. The van der Waals surface area contributed by atoms with Gasteiger partial charge in [-0.2, -0.15) is 0 Å². The van der Waals surface area contributed by atoms with Crippen molar-refractivity contribution in [3.63, 3.8) is 0 Å². The molecule has 0 radical (unpaired) electrons. The highest BCUT2D eigenvalue weighted by Gasteiger charge is 2.50. The lowest BCUT2D eigenvalue weighted by Crippen LogP contribution is -2.67. The molecule has 9 heteroatoms. The molecule has 33 heavy (non-hydrogen) atoms. The number of aromatic nitrogens is 2. The van der Waals surface area contributed by atoms with Gasteiger partial charge in [-0.3, -0.25) is 4.79 Å². The van der Waals surface area contributed by atoms with Gasteiger partial charge < -0.3 is 14.5 Å². The van der Waals surface area contributed by atoms with Gasteiger partial charge in [0, 0.05) is 38.4 Å². The van der Waals surface area contributed by atoms with Crippen molar-refractivity contribution in [3.8, 4) is 5.75 Å². The molecule has 0 atom stereocenters. The molecule has 0 unspecified atom stereocenters. The van der Waals surface area contributed by atoms with Gasteiger partial charge in [0.15, 0.2) is 0 Å². The van der Waals surface area contributed by atoms with Gasteiger partial charge in [0.25, 0.3) is 5.91 Å². The number of hydrogen-bond acceptors (Lipinski definition) is 5. The summed E-state index contributed by atoms with van der Waals surface area (Å²) < 4.78 is 42.3. The van der Waals surface area contributed by atoms with Gasteiger partial charge in [-0.25, -0.2) is 9.97 Å². The van der Waals surface area contributed by atoms with E-state index < -0.39 is 6.36 Å². The van der Waals surface area contributed by atoms with Crippen LogP contribution in [-0.4, -0.2) is 64.3 Å². The third kappa shape index (κ3) is 4.83. The van der Waals surface area contributed by atoms with Crippen molar-refractivity contribution in [2.75, 3.05) is 26.7 Å². The Morgan fingerprint density at radius 1 is 1.15 bits per heavy atom. The molecule has 176 valence electrons. The Morgan fingerprint density at radius 2 is 1.88 bits per heavy atom. The molecule has 3 heterocycles. The van der Waals surface area contributed by atoms with Crippen LogP contribution in [0.2, 0.25) is 0 Å². The zero-order chi connectivity index (χ0) is 23.2. The number of likely N-dealkylation sites (tertiary alicyclic amines) is 2. The number of halogens is 3. The Morgan fingerprint density at radius 3 is 2.52 bits per heavy atom. The van der Waals surface area contributed by atoms with E-state index in [-0.39, 0.29) is 17.2 Å². The van der Waals surface area contributed by atoms with Crippen molar-refractivity contribution in [2.24, 2.45) is 0 Å². The summed E-state index contributed by atoms with van der Waals surface area (Å²) in [5.74, 6) is 0.663. The number of benzene rings is 1. The predicted octanol–water partition coefficient (Wildman–Crippen LogP) is 3.96. The molecule has 6 nitrogen and oxygen atoms in total. The average Bonchev–Trinajstić information content (AvgIpc) is 3.50. The van der Waals surface area contributed by atoms with Crippen molar-refractivity contribution in [2.45, 2.75) is 56.3 Å². The maximum absolute atomic E-state index is 13.0. The number of rotatable bonds is 6. The van der Waals surface area contributed by atoms with Crippen LogP contribution in [0.3, 0.4) is 0 Å². The molecule has 1 aromatic carbocycles. The number of hydrogen-bond donors (Lipinski definition) is 0. The molecular formula is C24H27F3N4O2. The van der Waals surface area contributed by atoms with Crippen molar-refractivity contribution < 1.29 is 22.7 Å². The first-order valence-corrected chi connectivity index (χ1v) is 11.4. The molecule has 1 aliphatic carbocycles. The molecule has 2 aliphatic heterocycles. The lowest BCUT2D eigenvalue weighted by molar-refractivity contribution is -0.274. The van der Waals surface area contributed by atoms with Gasteiger partial charge in [-0.15, -0.1) is 13.2 Å². The van der Waals surface area contributed by atoms with E-state index in [1.807, 2.05) is 11.0 Å². The summed E-state index contributed by atoms with van der Waals surface area (Å²) in [6, 6.07) is 4.86. The smallest absolute Gasteiger partial charge is 0.406 e. The first-order valence-electron chi connectivity index (χ1n) is 11.4. The number of carbonyl (C=O) groups excluding carboxylic acids is 1. The van der Waals surface area contributed by atoms with E-state index >= 15 is 0 Å². The number of aryl methyl sites for hydroxylation is 2. The number of carbonyl (C=O) groups is 1. The van der Waals surface area contributed by atoms with Crippen molar-refractivity contribution >= 4 is 5.91 Å². The molecule has 2 aromatic rings. The van der Waals surface area contributed by atoms with Gasteiger partial charge >= 0.3 is 6.36 Å².